The van der Waals surface area contributed by atoms with Gasteiger partial charge in [-0.05, 0) is 25.8 Å². The Kier molecular flexibility index (Phi) is 4.74. The number of amides is 1. The molecule has 0 unspecified atom stereocenters. The molecule has 0 saturated heterocycles. The van der Waals surface area contributed by atoms with Crippen molar-refractivity contribution in [1.29, 1.82) is 0 Å². The Morgan fingerprint density at radius 3 is 2.79 bits per heavy atom. The van der Waals surface area contributed by atoms with Crippen molar-refractivity contribution < 1.29 is 13.9 Å². The van der Waals surface area contributed by atoms with Crippen molar-refractivity contribution in [3.05, 3.63) is 53.5 Å². The van der Waals surface area contributed by atoms with Crippen LogP contribution in [0.1, 0.15) is 16.9 Å². The monoisotopic (exact) mass is 325 g/mol. The maximum absolute atomic E-state index is 11.9. The van der Waals surface area contributed by atoms with Crippen LogP contribution in [0.3, 0.4) is 0 Å². The van der Waals surface area contributed by atoms with Crippen molar-refractivity contribution >= 4 is 17.0 Å². The van der Waals surface area contributed by atoms with E-state index in [2.05, 4.69) is 15.3 Å². The number of furan rings is 1. The van der Waals surface area contributed by atoms with E-state index < -0.39 is 0 Å². The number of aromatic nitrogens is 2. The smallest absolute Gasteiger partial charge is 0.258 e. The fraction of sp³-hybridized carbons (Fsp3) is 0.278. The van der Waals surface area contributed by atoms with Crippen LogP contribution in [0.25, 0.3) is 11.1 Å². The van der Waals surface area contributed by atoms with E-state index in [4.69, 9.17) is 9.15 Å². The topological polar surface area (TPSA) is 77.2 Å². The van der Waals surface area contributed by atoms with Gasteiger partial charge < -0.3 is 14.5 Å². The second-order valence-corrected chi connectivity index (χ2v) is 5.52. The molecular weight excluding hydrogens is 306 g/mol. The van der Waals surface area contributed by atoms with Gasteiger partial charge in [0.2, 0.25) is 11.6 Å². The summed E-state index contributed by atoms with van der Waals surface area (Å²) in [6.07, 6.45) is 2.15. The summed E-state index contributed by atoms with van der Waals surface area (Å²) in [6, 6.07) is 10.00. The number of hydrogen-bond acceptors (Lipinski definition) is 5. The first-order valence-electron chi connectivity index (χ1n) is 7.79. The Morgan fingerprint density at radius 1 is 1.21 bits per heavy atom. The van der Waals surface area contributed by atoms with Gasteiger partial charge >= 0.3 is 0 Å². The molecule has 3 rings (SSSR count). The van der Waals surface area contributed by atoms with Crippen molar-refractivity contribution in [2.24, 2.45) is 0 Å². The van der Waals surface area contributed by atoms with E-state index in [1.165, 1.54) is 11.9 Å². The molecule has 0 aliphatic carbocycles. The van der Waals surface area contributed by atoms with Gasteiger partial charge in [-0.2, -0.15) is 0 Å². The number of benzene rings is 1. The molecule has 24 heavy (non-hydrogen) atoms. The average molecular weight is 325 g/mol. The number of carbonyl (C=O) groups excluding carboxylic acids is 1. The van der Waals surface area contributed by atoms with Crippen LogP contribution in [-0.4, -0.2) is 29.0 Å². The maximum atomic E-state index is 11.9. The van der Waals surface area contributed by atoms with Crippen LogP contribution in [0.4, 0.5) is 0 Å². The molecule has 6 heteroatoms. The van der Waals surface area contributed by atoms with Crippen LogP contribution in [0.15, 0.2) is 41.1 Å². The first-order valence-corrected chi connectivity index (χ1v) is 7.79. The minimum Gasteiger partial charge on any atom is -0.467 e. The third-order valence-corrected chi connectivity index (χ3v) is 3.85. The van der Waals surface area contributed by atoms with Gasteiger partial charge in [-0.3, -0.25) is 4.79 Å². The lowest BCUT2D eigenvalue weighted by Gasteiger charge is -2.07. The quantitative estimate of drug-likeness (QED) is 0.754. The lowest BCUT2D eigenvalue weighted by molar-refractivity contribution is -0.123. The number of aryl methyl sites for hydroxylation is 2. The summed E-state index contributed by atoms with van der Waals surface area (Å²) >= 11 is 0. The van der Waals surface area contributed by atoms with E-state index in [0.29, 0.717) is 23.5 Å². The lowest BCUT2D eigenvalue weighted by Crippen LogP contribution is -2.30. The van der Waals surface area contributed by atoms with Crippen molar-refractivity contribution in [3.63, 3.8) is 0 Å². The number of hydrogen-bond donors (Lipinski definition) is 1. The molecule has 0 saturated carbocycles. The highest BCUT2D eigenvalue weighted by Gasteiger charge is 2.15. The third kappa shape index (κ3) is 3.53. The predicted octanol–water partition coefficient (Wildman–Crippen LogP) is 2.58. The molecule has 3 aromatic rings. The Morgan fingerprint density at radius 2 is 2.00 bits per heavy atom. The van der Waals surface area contributed by atoms with Gasteiger partial charge in [-0.1, -0.05) is 30.3 Å². The van der Waals surface area contributed by atoms with Crippen molar-refractivity contribution in [1.82, 2.24) is 15.3 Å². The van der Waals surface area contributed by atoms with Gasteiger partial charge in [0, 0.05) is 12.1 Å². The zero-order chi connectivity index (χ0) is 16.9. The van der Waals surface area contributed by atoms with E-state index in [9.17, 15) is 4.79 Å². The van der Waals surface area contributed by atoms with Crippen molar-refractivity contribution in [3.8, 4) is 5.88 Å². The molecular formula is C18H19N3O3. The molecule has 0 atom stereocenters. The maximum Gasteiger partial charge on any atom is 0.258 e. The predicted molar refractivity (Wildman–Crippen MR) is 89.9 cm³/mol. The van der Waals surface area contributed by atoms with E-state index in [0.717, 1.165) is 17.7 Å². The highest BCUT2D eigenvalue weighted by Crippen LogP contribution is 2.29. The van der Waals surface area contributed by atoms with E-state index in [1.807, 2.05) is 44.2 Å². The Balaban J connectivity index is 1.55. The van der Waals surface area contributed by atoms with Gasteiger partial charge in [-0.25, -0.2) is 9.97 Å². The number of fused-ring (bicyclic) bond motifs is 1. The minimum atomic E-state index is -0.185. The highest BCUT2D eigenvalue weighted by atomic mass is 16.5. The molecule has 2 aromatic heterocycles. The van der Waals surface area contributed by atoms with Gasteiger partial charge in [0.15, 0.2) is 6.61 Å². The molecule has 6 nitrogen and oxygen atoms in total. The highest BCUT2D eigenvalue weighted by molar-refractivity contribution is 5.84. The molecule has 2 heterocycles. The van der Waals surface area contributed by atoms with Crippen LogP contribution in [0.2, 0.25) is 0 Å². The first kappa shape index (κ1) is 16.0. The fourth-order valence-electron chi connectivity index (χ4n) is 2.44. The summed E-state index contributed by atoms with van der Waals surface area (Å²) in [5.41, 5.74) is 2.57. The van der Waals surface area contributed by atoms with E-state index in [-0.39, 0.29) is 12.5 Å². The molecule has 0 bridgehead atoms. The number of nitrogens with one attached hydrogen (secondary N) is 1. The molecule has 0 spiro atoms. The normalized spacial score (nSPS) is 10.8. The molecule has 1 aromatic carbocycles. The lowest BCUT2D eigenvalue weighted by atomic mass is 10.1. The van der Waals surface area contributed by atoms with E-state index in [1.54, 1.807) is 0 Å². The Labute approximate surface area is 139 Å². The van der Waals surface area contributed by atoms with Crippen LogP contribution >= 0.6 is 0 Å². The molecule has 0 fully saturated rings. The first-order chi connectivity index (χ1) is 11.6. The summed E-state index contributed by atoms with van der Waals surface area (Å²) in [5.74, 6) is 0.950. The summed E-state index contributed by atoms with van der Waals surface area (Å²) in [6.45, 7) is 4.24. The Bertz CT molecular complexity index is 843. The van der Waals surface area contributed by atoms with Gasteiger partial charge in [-0.15, -0.1) is 0 Å². The summed E-state index contributed by atoms with van der Waals surface area (Å²) in [5, 5.41) is 3.55. The Hall–Kier alpha value is -2.89. The SMILES string of the molecule is Cc1oc2ncnc(OCC(=O)NCCc3ccccc3)c2c1C. The number of ether oxygens (including phenoxy) is 1. The molecule has 124 valence electrons. The van der Waals surface area contributed by atoms with Crippen LogP contribution < -0.4 is 10.1 Å². The molecule has 0 aliphatic rings. The zero-order valence-corrected chi connectivity index (χ0v) is 13.7. The summed E-state index contributed by atoms with van der Waals surface area (Å²) in [7, 11) is 0. The number of carbonyl (C=O) groups is 1. The third-order valence-electron chi connectivity index (χ3n) is 3.85. The molecule has 1 amide bonds. The fourth-order valence-corrected chi connectivity index (χ4v) is 2.44. The second-order valence-electron chi connectivity index (χ2n) is 5.52. The van der Waals surface area contributed by atoms with Gasteiger partial charge in [0.1, 0.15) is 17.5 Å². The molecule has 0 radical (unpaired) electrons. The number of nitrogens with zero attached hydrogens (tertiary/aromatic N) is 2. The number of rotatable bonds is 6. The van der Waals surface area contributed by atoms with Gasteiger partial charge in [0.05, 0.1) is 0 Å². The average Bonchev–Trinajstić information content (AvgIpc) is 2.89. The standard InChI is InChI=1S/C18H19N3O3/c1-12-13(2)24-18-16(12)17(20-11-21-18)23-10-15(22)19-9-8-14-6-4-3-5-7-14/h3-7,11H,8-10H2,1-2H3,(H,19,22). The minimum absolute atomic E-state index is 0.0927. The van der Waals surface area contributed by atoms with Gasteiger partial charge in [0.25, 0.3) is 5.91 Å². The molecule has 1 N–H and O–H groups in total. The summed E-state index contributed by atoms with van der Waals surface area (Å²) in [4.78, 5) is 20.1. The van der Waals surface area contributed by atoms with Crippen LogP contribution in [0, 0.1) is 13.8 Å². The zero-order valence-electron chi connectivity index (χ0n) is 13.7. The second kappa shape index (κ2) is 7.12. The largest absolute Gasteiger partial charge is 0.467 e. The van der Waals surface area contributed by atoms with Crippen molar-refractivity contribution in [2.45, 2.75) is 20.3 Å². The summed E-state index contributed by atoms with van der Waals surface area (Å²) < 4.78 is 11.1. The van der Waals surface area contributed by atoms with Crippen LogP contribution in [0.5, 0.6) is 5.88 Å². The molecule has 0 aliphatic heterocycles. The van der Waals surface area contributed by atoms with Crippen LogP contribution in [-0.2, 0) is 11.2 Å². The van der Waals surface area contributed by atoms with E-state index >= 15 is 0 Å². The van der Waals surface area contributed by atoms with Crippen molar-refractivity contribution in [2.75, 3.05) is 13.2 Å².